The zero-order valence-electron chi connectivity index (χ0n) is 12.1. The van der Waals surface area contributed by atoms with Gasteiger partial charge in [0.15, 0.2) is 0 Å². The molecule has 0 saturated carbocycles. The first-order valence-electron chi connectivity index (χ1n) is 6.35. The molecule has 2 aromatic rings. The van der Waals surface area contributed by atoms with Crippen molar-refractivity contribution >= 4 is 11.6 Å². The van der Waals surface area contributed by atoms with Crippen molar-refractivity contribution in [2.24, 2.45) is 0 Å². The molecule has 3 nitrogen and oxygen atoms in total. The highest BCUT2D eigenvalue weighted by Gasteiger charge is 2.05. The largest absolute Gasteiger partial charge is 1.00 e. The Labute approximate surface area is 143 Å². The predicted octanol–water partition coefficient (Wildman–Crippen LogP) is -2.74. The highest BCUT2D eigenvalue weighted by molar-refractivity contribution is 6.30. The van der Waals surface area contributed by atoms with Gasteiger partial charge in [-0.25, -0.2) is 0 Å². The number of rotatable bonds is 6. The third kappa shape index (κ3) is 6.72. The molecule has 118 valence electrons. The fourth-order valence-electron chi connectivity index (χ4n) is 1.78. The summed E-state index contributed by atoms with van der Waals surface area (Å²) in [5.41, 5.74) is 1.01. The van der Waals surface area contributed by atoms with E-state index in [1.54, 1.807) is 0 Å². The van der Waals surface area contributed by atoms with Gasteiger partial charge < -0.3 is 39.4 Å². The van der Waals surface area contributed by atoms with Gasteiger partial charge in [0, 0.05) is 23.7 Å². The van der Waals surface area contributed by atoms with Crippen LogP contribution in [0, 0.1) is 0 Å². The maximum Gasteiger partial charge on any atom is 0.134 e. The first-order chi connectivity index (χ1) is 9.15. The summed E-state index contributed by atoms with van der Waals surface area (Å²) in [6, 6.07) is 11.7. The molecule has 0 spiro atoms. The molecule has 0 aliphatic heterocycles. The van der Waals surface area contributed by atoms with Crippen LogP contribution in [-0.2, 0) is 6.54 Å². The summed E-state index contributed by atoms with van der Waals surface area (Å²) in [4.78, 5) is 2.15. The normalized spacial score (nSPS) is 10.1. The van der Waals surface area contributed by atoms with Crippen molar-refractivity contribution in [3.05, 3.63) is 47.2 Å². The second-order valence-electron chi connectivity index (χ2n) is 4.76. The Morgan fingerprint density at radius 2 is 1.90 bits per heavy atom. The number of nitrogens with zero attached hydrogens (tertiary/aromatic N) is 1. The first-order valence-corrected chi connectivity index (χ1v) is 6.73. The fourth-order valence-corrected chi connectivity index (χ4v) is 1.97. The Balaban J connectivity index is 0.00000200. The van der Waals surface area contributed by atoms with Crippen molar-refractivity contribution in [1.29, 1.82) is 0 Å². The van der Waals surface area contributed by atoms with Gasteiger partial charge >= 0.3 is 0 Å². The van der Waals surface area contributed by atoms with Gasteiger partial charge in [0.1, 0.15) is 11.5 Å². The molecule has 0 bridgehead atoms. The van der Waals surface area contributed by atoms with Crippen LogP contribution in [0.4, 0.5) is 0 Å². The lowest BCUT2D eigenvalue weighted by molar-refractivity contribution is -0.00100. The molecule has 21 heavy (non-hydrogen) atoms. The summed E-state index contributed by atoms with van der Waals surface area (Å²) in [5, 5.41) is 4.07. The number of halogens is 3. The van der Waals surface area contributed by atoms with Crippen LogP contribution in [0.25, 0.3) is 11.3 Å². The van der Waals surface area contributed by atoms with Crippen molar-refractivity contribution in [2.75, 3.05) is 27.2 Å². The van der Waals surface area contributed by atoms with Gasteiger partial charge in [-0.3, -0.25) is 0 Å². The number of hydrogen-bond donors (Lipinski definition) is 1. The van der Waals surface area contributed by atoms with E-state index in [1.807, 2.05) is 36.4 Å². The molecule has 6 heteroatoms. The van der Waals surface area contributed by atoms with Gasteiger partial charge in [-0.15, -0.1) is 0 Å². The van der Waals surface area contributed by atoms with Crippen molar-refractivity contribution < 1.29 is 29.2 Å². The maximum atomic E-state index is 5.97. The zero-order chi connectivity index (χ0) is 13.7. The standard InChI is InChI=1S/C15H19ClN2O.2ClH/c1-18(2)9-8-17-11-14-6-7-15(19-14)12-4-3-5-13(16)10-12;;/h3-7,10,17H,8-9,11H2,1-2H3;2*1H/p-2. The Hall–Kier alpha value is -0.710. The number of benzene rings is 1. The van der Waals surface area contributed by atoms with E-state index in [-0.39, 0.29) is 24.8 Å². The number of hydrogen-bond acceptors (Lipinski definition) is 3. The van der Waals surface area contributed by atoms with Gasteiger partial charge in [0.25, 0.3) is 0 Å². The highest BCUT2D eigenvalue weighted by Crippen LogP contribution is 2.24. The van der Waals surface area contributed by atoms with Crippen LogP contribution < -0.4 is 30.1 Å². The molecule has 1 heterocycles. The topological polar surface area (TPSA) is 28.4 Å². The molecule has 0 aliphatic carbocycles. The third-order valence-corrected chi connectivity index (χ3v) is 3.04. The first kappa shape index (κ1) is 20.3. The molecule has 0 radical (unpaired) electrons. The number of furan rings is 1. The molecule has 0 saturated heterocycles. The third-order valence-electron chi connectivity index (χ3n) is 2.81. The monoisotopic (exact) mass is 348 g/mol. The van der Waals surface area contributed by atoms with Crippen LogP contribution in [0.2, 0.25) is 5.02 Å². The molecule has 0 fully saturated rings. The summed E-state index contributed by atoms with van der Waals surface area (Å²) in [5.74, 6) is 1.79. The molecular formula is C15H19Cl3N2O-2. The second-order valence-corrected chi connectivity index (χ2v) is 5.19. The predicted molar refractivity (Wildman–Crippen MR) is 79.4 cm³/mol. The molecule has 0 amide bonds. The minimum atomic E-state index is 0. The molecule has 1 aromatic heterocycles. The Bertz CT molecular complexity index is 529. The zero-order valence-corrected chi connectivity index (χ0v) is 14.3. The van der Waals surface area contributed by atoms with E-state index in [0.29, 0.717) is 0 Å². The van der Waals surface area contributed by atoms with Gasteiger partial charge in [0.05, 0.1) is 6.54 Å². The molecule has 1 aromatic carbocycles. The van der Waals surface area contributed by atoms with E-state index in [4.69, 9.17) is 16.0 Å². The lowest BCUT2D eigenvalue weighted by atomic mass is 10.2. The average molecular weight is 350 g/mol. The average Bonchev–Trinajstić information content (AvgIpc) is 2.83. The molecule has 0 unspecified atom stereocenters. The summed E-state index contributed by atoms with van der Waals surface area (Å²) < 4.78 is 5.80. The SMILES string of the molecule is CN(C)CCNCc1ccc(-c2cccc(Cl)c2)o1.[Cl-].[Cl-]. The minimum absolute atomic E-state index is 0. The van der Waals surface area contributed by atoms with Crippen LogP contribution in [-0.4, -0.2) is 32.1 Å². The van der Waals surface area contributed by atoms with E-state index < -0.39 is 0 Å². The maximum absolute atomic E-state index is 5.97. The van der Waals surface area contributed by atoms with Gasteiger partial charge in [-0.05, 0) is 38.4 Å². The summed E-state index contributed by atoms with van der Waals surface area (Å²) in [7, 11) is 4.12. The quantitative estimate of drug-likeness (QED) is 0.574. The van der Waals surface area contributed by atoms with Crippen LogP contribution in [0.5, 0.6) is 0 Å². The lowest BCUT2D eigenvalue weighted by Crippen LogP contribution is -3.00. The lowest BCUT2D eigenvalue weighted by Gasteiger charge is -2.09. The Kier molecular flexibility index (Phi) is 9.75. The molecule has 0 aliphatic rings. The van der Waals surface area contributed by atoms with Crippen LogP contribution in [0.1, 0.15) is 5.76 Å². The van der Waals surface area contributed by atoms with Crippen LogP contribution >= 0.6 is 11.6 Å². The number of nitrogens with one attached hydrogen (secondary N) is 1. The van der Waals surface area contributed by atoms with Gasteiger partial charge in [0.2, 0.25) is 0 Å². The summed E-state index contributed by atoms with van der Waals surface area (Å²) in [6.45, 7) is 2.70. The van der Waals surface area contributed by atoms with Crippen molar-refractivity contribution in [3.8, 4) is 11.3 Å². The highest BCUT2D eigenvalue weighted by atomic mass is 35.5. The molecule has 0 atom stereocenters. The molecule has 1 N–H and O–H groups in total. The van der Waals surface area contributed by atoms with E-state index in [2.05, 4.69) is 24.3 Å². The van der Waals surface area contributed by atoms with Crippen molar-refractivity contribution in [3.63, 3.8) is 0 Å². The van der Waals surface area contributed by atoms with E-state index in [9.17, 15) is 0 Å². The summed E-state index contributed by atoms with van der Waals surface area (Å²) >= 11 is 5.97. The van der Waals surface area contributed by atoms with Crippen LogP contribution in [0.15, 0.2) is 40.8 Å². The van der Waals surface area contributed by atoms with Crippen LogP contribution in [0.3, 0.4) is 0 Å². The van der Waals surface area contributed by atoms with Gasteiger partial charge in [-0.1, -0.05) is 23.7 Å². The summed E-state index contributed by atoms with van der Waals surface area (Å²) in [6.07, 6.45) is 0. The van der Waals surface area contributed by atoms with E-state index in [0.717, 1.165) is 41.7 Å². The van der Waals surface area contributed by atoms with E-state index >= 15 is 0 Å². The Morgan fingerprint density at radius 3 is 2.57 bits per heavy atom. The van der Waals surface area contributed by atoms with Crippen molar-refractivity contribution in [1.82, 2.24) is 10.2 Å². The molecular weight excluding hydrogens is 331 g/mol. The minimum Gasteiger partial charge on any atom is -1.00 e. The number of likely N-dealkylation sites (N-methyl/N-ethyl adjacent to an activating group) is 1. The Morgan fingerprint density at radius 1 is 1.14 bits per heavy atom. The van der Waals surface area contributed by atoms with E-state index in [1.165, 1.54) is 0 Å². The molecule has 2 rings (SSSR count). The van der Waals surface area contributed by atoms with Gasteiger partial charge in [-0.2, -0.15) is 0 Å². The fraction of sp³-hybridized carbons (Fsp3) is 0.333. The van der Waals surface area contributed by atoms with Crippen molar-refractivity contribution in [2.45, 2.75) is 6.54 Å². The second kappa shape index (κ2) is 10.1. The smallest absolute Gasteiger partial charge is 0.134 e.